The Morgan fingerprint density at radius 2 is 1.88 bits per heavy atom. The third-order valence-corrected chi connectivity index (χ3v) is 6.50. The monoisotopic (exact) mass is 320 g/mol. The van der Waals surface area contributed by atoms with Crippen LogP contribution in [0.5, 0.6) is 0 Å². The fourth-order valence-electron chi connectivity index (χ4n) is 5.29. The second-order valence-corrected chi connectivity index (χ2v) is 8.42. The van der Waals surface area contributed by atoms with Crippen molar-refractivity contribution in [3.8, 4) is 0 Å². The van der Waals surface area contributed by atoms with E-state index in [2.05, 4.69) is 55.5 Å². The minimum Gasteiger partial charge on any atom is -0.390 e. The molecule has 0 aliphatic heterocycles. The van der Waals surface area contributed by atoms with Crippen molar-refractivity contribution in [2.45, 2.75) is 63.4 Å². The van der Waals surface area contributed by atoms with Gasteiger partial charge in [-0.05, 0) is 75.0 Å². The highest BCUT2D eigenvalue weighted by atomic mass is 16.3. The van der Waals surface area contributed by atoms with E-state index in [1.54, 1.807) is 11.1 Å². The predicted molar refractivity (Wildman–Crippen MR) is 99.3 cm³/mol. The van der Waals surface area contributed by atoms with Gasteiger partial charge in [0.25, 0.3) is 0 Å². The summed E-state index contributed by atoms with van der Waals surface area (Å²) in [5.41, 5.74) is 5.60. The maximum Gasteiger partial charge on any atom is 0.0623 e. The van der Waals surface area contributed by atoms with E-state index in [0.717, 1.165) is 32.1 Å². The van der Waals surface area contributed by atoms with Crippen LogP contribution in [-0.4, -0.2) is 10.7 Å². The van der Waals surface area contributed by atoms with Crippen LogP contribution in [0.4, 0.5) is 0 Å². The quantitative estimate of drug-likeness (QED) is 0.828. The fourth-order valence-corrected chi connectivity index (χ4v) is 5.29. The van der Waals surface area contributed by atoms with Crippen LogP contribution < -0.4 is 0 Å². The summed E-state index contributed by atoms with van der Waals surface area (Å²) in [7, 11) is 0. The highest BCUT2D eigenvalue weighted by molar-refractivity contribution is 5.42. The van der Waals surface area contributed by atoms with Crippen LogP contribution >= 0.6 is 0 Å². The molecule has 1 saturated carbocycles. The average molecular weight is 320 g/mol. The molecule has 0 aromatic heterocycles. The third-order valence-electron chi connectivity index (χ3n) is 6.50. The van der Waals surface area contributed by atoms with E-state index >= 15 is 0 Å². The molecule has 2 aliphatic rings. The molecule has 4 rings (SSSR count). The van der Waals surface area contributed by atoms with Gasteiger partial charge in [-0.1, -0.05) is 54.1 Å². The van der Waals surface area contributed by atoms with Crippen molar-refractivity contribution < 1.29 is 5.11 Å². The van der Waals surface area contributed by atoms with Crippen molar-refractivity contribution in [2.75, 3.05) is 0 Å². The highest BCUT2D eigenvalue weighted by Gasteiger charge is 2.50. The van der Waals surface area contributed by atoms with E-state index in [-0.39, 0.29) is 5.41 Å². The topological polar surface area (TPSA) is 20.2 Å². The summed E-state index contributed by atoms with van der Waals surface area (Å²) in [6.07, 6.45) is 6.41. The van der Waals surface area contributed by atoms with Crippen molar-refractivity contribution in [3.63, 3.8) is 0 Å². The normalized spacial score (nSPS) is 32.0. The Bertz CT molecular complexity index is 731. The van der Waals surface area contributed by atoms with Crippen LogP contribution in [0.25, 0.3) is 0 Å². The number of rotatable bonds is 2. The Balaban J connectivity index is 1.81. The zero-order valence-corrected chi connectivity index (χ0v) is 14.9. The smallest absolute Gasteiger partial charge is 0.0623 e. The summed E-state index contributed by atoms with van der Waals surface area (Å²) in [5, 5.41) is 10.7. The lowest BCUT2D eigenvalue weighted by Crippen LogP contribution is -2.50. The first-order valence-electron chi connectivity index (χ1n) is 9.35. The largest absolute Gasteiger partial charge is 0.390 e. The zero-order chi connectivity index (χ0) is 16.8. The number of fused-ring (bicyclic) bond motifs is 3. The summed E-state index contributed by atoms with van der Waals surface area (Å²) in [6.45, 7) is 4.23. The fraction of sp³-hybridized carbons (Fsp3) is 0.478. The molecule has 126 valence electrons. The zero-order valence-electron chi connectivity index (χ0n) is 14.9. The molecule has 0 amide bonds. The van der Waals surface area contributed by atoms with Crippen LogP contribution in [0, 0.1) is 12.8 Å². The van der Waals surface area contributed by atoms with E-state index in [1.807, 2.05) is 6.92 Å². The molecule has 1 fully saturated rings. The van der Waals surface area contributed by atoms with E-state index in [0.29, 0.717) is 5.92 Å². The summed E-state index contributed by atoms with van der Waals surface area (Å²) in [6, 6.07) is 18.0. The Kier molecular flexibility index (Phi) is 3.80. The van der Waals surface area contributed by atoms with Gasteiger partial charge >= 0.3 is 0 Å². The van der Waals surface area contributed by atoms with Crippen LogP contribution in [0.2, 0.25) is 0 Å². The Labute approximate surface area is 145 Å². The summed E-state index contributed by atoms with van der Waals surface area (Å²) in [4.78, 5) is 0. The lowest BCUT2D eigenvalue weighted by molar-refractivity contribution is -0.0367. The first-order valence-corrected chi connectivity index (χ1v) is 9.35. The molecule has 24 heavy (non-hydrogen) atoms. The van der Waals surface area contributed by atoms with E-state index in [1.165, 1.54) is 17.5 Å². The Morgan fingerprint density at radius 1 is 1.08 bits per heavy atom. The lowest BCUT2D eigenvalue weighted by Gasteiger charge is -2.53. The van der Waals surface area contributed by atoms with Crippen LogP contribution in [-0.2, 0) is 18.3 Å². The number of aliphatic hydroxyl groups is 1. The molecule has 2 aromatic carbocycles. The second kappa shape index (κ2) is 5.74. The minimum absolute atomic E-state index is 0.199. The van der Waals surface area contributed by atoms with E-state index in [9.17, 15) is 5.11 Å². The Morgan fingerprint density at radius 3 is 2.67 bits per heavy atom. The Hall–Kier alpha value is -1.60. The van der Waals surface area contributed by atoms with E-state index < -0.39 is 5.60 Å². The molecule has 0 spiro atoms. The maximum absolute atomic E-state index is 10.7. The molecule has 3 atom stereocenters. The SMILES string of the molecule is Cc1ccc2c(c1)CCC1CC(C)(O)CCC21Cc1ccccc1. The standard InChI is InChI=1S/C23H28O/c1-17-8-11-21-19(14-17)9-10-20-16-22(2,24)12-13-23(20,21)15-18-6-4-3-5-7-18/h3-8,11,14,20,24H,9-10,12-13,15-16H2,1-2H3. The van der Waals surface area contributed by atoms with E-state index in [4.69, 9.17) is 0 Å². The summed E-state index contributed by atoms with van der Waals surface area (Å²) < 4.78 is 0. The molecular weight excluding hydrogens is 292 g/mol. The average Bonchev–Trinajstić information content (AvgIpc) is 2.56. The van der Waals surface area contributed by atoms with Gasteiger partial charge in [0.05, 0.1) is 5.60 Å². The molecule has 0 heterocycles. The lowest BCUT2D eigenvalue weighted by atomic mass is 9.53. The molecule has 2 aromatic rings. The molecule has 3 unspecified atom stereocenters. The van der Waals surface area contributed by atoms with Crippen LogP contribution in [0.15, 0.2) is 48.5 Å². The minimum atomic E-state index is -0.493. The first-order chi connectivity index (χ1) is 11.5. The number of hydrogen-bond acceptors (Lipinski definition) is 1. The van der Waals surface area contributed by atoms with Gasteiger partial charge in [0.2, 0.25) is 0 Å². The van der Waals surface area contributed by atoms with Crippen molar-refractivity contribution in [1.29, 1.82) is 0 Å². The van der Waals surface area contributed by atoms with Crippen LogP contribution in [0.1, 0.15) is 54.9 Å². The molecule has 1 N–H and O–H groups in total. The van der Waals surface area contributed by atoms with Crippen molar-refractivity contribution in [3.05, 3.63) is 70.8 Å². The highest BCUT2D eigenvalue weighted by Crippen LogP contribution is 2.54. The number of aryl methyl sites for hydroxylation is 2. The maximum atomic E-state index is 10.7. The number of benzene rings is 2. The van der Waals surface area contributed by atoms with Gasteiger partial charge in [-0.3, -0.25) is 0 Å². The first kappa shape index (κ1) is 15.9. The second-order valence-electron chi connectivity index (χ2n) is 8.42. The molecule has 0 radical (unpaired) electrons. The molecule has 0 bridgehead atoms. The summed E-state index contributed by atoms with van der Waals surface area (Å²) in [5.74, 6) is 0.580. The van der Waals surface area contributed by atoms with Gasteiger partial charge in [-0.15, -0.1) is 0 Å². The molecule has 0 saturated heterocycles. The summed E-state index contributed by atoms with van der Waals surface area (Å²) >= 11 is 0. The molecule has 1 nitrogen and oxygen atoms in total. The van der Waals surface area contributed by atoms with Crippen molar-refractivity contribution in [2.24, 2.45) is 5.92 Å². The third kappa shape index (κ3) is 2.69. The van der Waals surface area contributed by atoms with Gasteiger partial charge in [0.1, 0.15) is 0 Å². The molecular formula is C23H28O. The molecule has 1 heteroatoms. The van der Waals surface area contributed by atoms with Gasteiger partial charge in [-0.2, -0.15) is 0 Å². The van der Waals surface area contributed by atoms with Gasteiger partial charge in [0, 0.05) is 5.41 Å². The number of hydrogen-bond donors (Lipinski definition) is 1. The van der Waals surface area contributed by atoms with Gasteiger partial charge in [0.15, 0.2) is 0 Å². The molecule has 2 aliphatic carbocycles. The van der Waals surface area contributed by atoms with Crippen molar-refractivity contribution >= 4 is 0 Å². The van der Waals surface area contributed by atoms with Gasteiger partial charge < -0.3 is 5.11 Å². The van der Waals surface area contributed by atoms with Crippen LogP contribution in [0.3, 0.4) is 0 Å². The van der Waals surface area contributed by atoms with Gasteiger partial charge in [-0.25, -0.2) is 0 Å². The predicted octanol–water partition coefficient (Wildman–Crippen LogP) is 4.97. The van der Waals surface area contributed by atoms with Crippen molar-refractivity contribution in [1.82, 2.24) is 0 Å².